The molecule has 1 rings (SSSR count). The summed E-state index contributed by atoms with van der Waals surface area (Å²) in [6, 6.07) is 0. The van der Waals surface area contributed by atoms with Gasteiger partial charge in [0.1, 0.15) is 6.10 Å². The molecule has 0 spiro atoms. The predicted molar refractivity (Wildman–Crippen MR) is 137 cm³/mol. The van der Waals surface area contributed by atoms with Crippen LogP contribution in [0.25, 0.3) is 0 Å². The molecule has 3 atom stereocenters. The Balaban J connectivity index is 2.14. The molecule has 1 aliphatic rings. The van der Waals surface area contributed by atoms with Gasteiger partial charge in [-0.25, -0.2) is 0 Å². The molecule has 0 aromatic rings. The lowest BCUT2D eigenvalue weighted by atomic mass is 9.83. The molecule has 0 amide bonds. The van der Waals surface area contributed by atoms with E-state index in [-0.39, 0.29) is 12.1 Å². The van der Waals surface area contributed by atoms with Crippen LogP contribution in [0.15, 0.2) is 12.2 Å². The second kappa shape index (κ2) is 20.1. The molecule has 3 unspecified atom stereocenters. The van der Waals surface area contributed by atoms with Gasteiger partial charge in [0.05, 0.1) is 11.8 Å². The van der Waals surface area contributed by atoms with Gasteiger partial charge in [0.2, 0.25) is 0 Å². The average molecular weight is 465 g/mol. The number of carbonyl (C=O) groups is 2. The SMILES string of the molecule is CCCCCCCCCCCCCCCCC(CCCC)OC(=O)C1CC=CCC1C(=O)O. The largest absolute Gasteiger partial charge is 0.481 e. The van der Waals surface area contributed by atoms with Gasteiger partial charge in [-0.1, -0.05) is 122 Å². The Morgan fingerprint density at radius 3 is 1.61 bits per heavy atom. The highest BCUT2D eigenvalue weighted by atomic mass is 16.5. The van der Waals surface area contributed by atoms with E-state index in [4.69, 9.17) is 4.74 Å². The molecular formula is C29H52O4. The van der Waals surface area contributed by atoms with Crippen LogP contribution in [0.2, 0.25) is 0 Å². The highest BCUT2D eigenvalue weighted by Gasteiger charge is 2.36. The quantitative estimate of drug-likeness (QED) is 0.105. The third kappa shape index (κ3) is 14.5. The number of hydrogen-bond acceptors (Lipinski definition) is 3. The van der Waals surface area contributed by atoms with Gasteiger partial charge in [-0.2, -0.15) is 0 Å². The number of hydrogen-bond donors (Lipinski definition) is 1. The molecule has 0 aromatic carbocycles. The fourth-order valence-electron chi connectivity index (χ4n) is 4.86. The van der Waals surface area contributed by atoms with Crippen LogP contribution >= 0.6 is 0 Å². The van der Waals surface area contributed by atoms with Crippen LogP contribution in [0.1, 0.15) is 142 Å². The molecule has 1 N–H and O–H groups in total. The molecule has 0 fully saturated rings. The minimum absolute atomic E-state index is 0.0601. The number of esters is 1. The number of carboxylic acid groups (broad SMARTS) is 1. The Hall–Kier alpha value is -1.32. The zero-order valence-corrected chi connectivity index (χ0v) is 21.7. The Kier molecular flexibility index (Phi) is 18.1. The van der Waals surface area contributed by atoms with Crippen LogP contribution in [0.3, 0.4) is 0 Å². The maximum Gasteiger partial charge on any atom is 0.310 e. The number of carboxylic acids is 1. The van der Waals surface area contributed by atoms with Gasteiger partial charge in [0.25, 0.3) is 0 Å². The van der Waals surface area contributed by atoms with Crippen molar-refractivity contribution in [1.29, 1.82) is 0 Å². The third-order valence-electron chi connectivity index (χ3n) is 7.09. The summed E-state index contributed by atoms with van der Waals surface area (Å²) in [5.74, 6) is -2.38. The number of ether oxygens (including phenoxy) is 1. The lowest BCUT2D eigenvalue weighted by molar-refractivity contribution is -0.162. The molecule has 0 radical (unpaired) electrons. The van der Waals surface area contributed by atoms with Crippen molar-refractivity contribution in [1.82, 2.24) is 0 Å². The summed E-state index contributed by atoms with van der Waals surface area (Å²) in [5.41, 5.74) is 0. The zero-order chi connectivity index (χ0) is 24.2. The van der Waals surface area contributed by atoms with Crippen molar-refractivity contribution in [3.05, 3.63) is 12.2 Å². The second-order valence-corrected chi connectivity index (χ2v) is 10.1. The first kappa shape index (κ1) is 29.7. The van der Waals surface area contributed by atoms with Gasteiger partial charge in [0, 0.05) is 0 Å². The first-order chi connectivity index (χ1) is 16.1. The van der Waals surface area contributed by atoms with E-state index in [1.165, 1.54) is 83.5 Å². The van der Waals surface area contributed by atoms with E-state index in [0.29, 0.717) is 12.8 Å². The maximum atomic E-state index is 12.7. The van der Waals surface area contributed by atoms with Gasteiger partial charge in [-0.05, 0) is 32.1 Å². The predicted octanol–water partition coefficient (Wildman–Crippen LogP) is 8.63. The summed E-state index contributed by atoms with van der Waals surface area (Å²) < 4.78 is 5.85. The minimum Gasteiger partial charge on any atom is -0.481 e. The minimum atomic E-state index is -0.890. The number of unbranched alkanes of at least 4 members (excludes halogenated alkanes) is 14. The van der Waals surface area contributed by atoms with E-state index in [0.717, 1.165) is 32.1 Å². The highest BCUT2D eigenvalue weighted by Crippen LogP contribution is 2.28. The Bertz CT molecular complexity index is 528. The fraction of sp³-hybridized carbons (Fsp3) is 0.862. The molecule has 1 aliphatic carbocycles. The average Bonchev–Trinajstić information content (AvgIpc) is 2.82. The van der Waals surface area contributed by atoms with Crippen LogP contribution < -0.4 is 0 Å². The van der Waals surface area contributed by atoms with E-state index in [1.54, 1.807) is 0 Å². The van der Waals surface area contributed by atoms with Crippen LogP contribution in [0.4, 0.5) is 0 Å². The van der Waals surface area contributed by atoms with Crippen LogP contribution in [0.5, 0.6) is 0 Å². The first-order valence-corrected chi connectivity index (χ1v) is 14.2. The van der Waals surface area contributed by atoms with Gasteiger partial charge in [0.15, 0.2) is 0 Å². The molecule has 33 heavy (non-hydrogen) atoms. The van der Waals surface area contributed by atoms with E-state index in [2.05, 4.69) is 13.8 Å². The topological polar surface area (TPSA) is 63.6 Å². The number of allylic oxidation sites excluding steroid dienone is 2. The van der Waals surface area contributed by atoms with E-state index in [1.807, 2.05) is 12.2 Å². The summed E-state index contributed by atoms with van der Waals surface area (Å²) in [6.07, 6.45) is 27.3. The van der Waals surface area contributed by atoms with Crippen molar-refractivity contribution in [3.63, 3.8) is 0 Å². The Morgan fingerprint density at radius 2 is 1.12 bits per heavy atom. The summed E-state index contributed by atoms with van der Waals surface area (Å²) in [4.78, 5) is 24.2. The fourth-order valence-corrected chi connectivity index (χ4v) is 4.86. The van der Waals surface area contributed by atoms with Gasteiger partial charge < -0.3 is 9.84 Å². The van der Waals surface area contributed by atoms with E-state index >= 15 is 0 Å². The van der Waals surface area contributed by atoms with E-state index in [9.17, 15) is 14.7 Å². The van der Waals surface area contributed by atoms with Gasteiger partial charge in [-0.15, -0.1) is 0 Å². The normalized spacial score (nSPS) is 18.8. The Morgan fingerprint density at radius 1 is 0.697 bits per heavy atom. The van der Waals surface area contributed by atoms with Crippen molar-refractivity contribution >= 4 is 11.9 Å². The molecule has 0 heterocycles. The van der Waals surface area contributed by atoms with Gasteiger partial charge in [-0.3, -0.25) is 9.59 Å². The van der Waals surface area contributed by atoms with Crippen molar-refractivity contribution in [2.45, 2.75) is 148 Å². The van der Waals surface area contributed by atoms with E-state index < -0.39 is 17.8 Å². The molecule has 0 aliphatic heterocycles. The smallest absolute Gasteiger partial charge is 0.310 e. The summed E-state index contributed by atoms with van der Waals surface area (Å²) in [6.45, 7) is 4.42. The van der Waals surface area contributed by atoms with Crippen molar-refractivity contribution in [2.24, 2.45) is 11.8 Å². The lowest BCUT2D eigenvalue weighted by Crippen LogP contribution is -2.34. The zero-order valence-electron chi connectivity index (χ0n) is 21.7. The summed E-state index contributed by atoms with van der Waals surface area (Å²) in [5, 5.41) is 9.44. The summed E-state index contributed by atoms with van der Waals surface area (Å²) >= 11 is 0. The number of aliphatic carboxylic acids is 1. The number of carbonyl (C=O) groups excluding carboxylic acids is 1. The molecule has 0 bridgehead atoms. The molecule has 0 saturated carbocycles. The first-order valence-electron chi connectivity index (χ1n) is 14.2. The second-order valence-electron chi connectivity index (χ2n) is 10.1. The monoisotopic (exact) mass is 464 g/mol. The molecule has 192 valence electrons. The standard InChI is InChI=1S/C29H52O4/c1-3-5-7-8-9-10-11-12-13-14-15-16-17-18-22-25(21-6-4-2)33-29(32)27-24-20-19-23-26(27)28(30)31/h19-20,25-27H,3-18,21-24H2,1-2H3,(H,30,31). The molecule has 0 aromatic heterocycles. The molecule has 4 heteroatoms. The third-order valence-corrected chi connectivity index (χ3v) is 7.09. The van der Waals surface area contributed by atoms with Crippen LogP contribution in [-0.2, 0) is 14.3 Å². The summed E-state index contributed by atoms with van der Waals surface area (Å²) in [7, 11) is 0. The lowest BCUT2D eigenvalue weighted by Gasteiger charge is -2.26. The molecular weight excluding hydrogens is 412 g/mol. The molecule has 0 saturated heterocycles. The van der Waals surface area contributed by atoms with Gasteiger partial charge >= 0.3 is 11.9 Å². The molecule has 4 nitrogen and oxygen atoms in total. The van der Waals surface area contributed by atoms with Crippen LogP contribution in [0, 0.1) is 11.8 Å². The highest BCUT2D eigenvalue weighted by molar-refractivity contribution is 5.81. The van der Waals surface area contributed by atoms with Crippen LogP contribution in [-0.4, -0.2) is 23.1 Å². The van der Waals surface area contributed by atoms with Crippen molar-refractivity contribution < 1.29 is 19.4 Å². The Labute approximate surface area is 203 Å². The number of rotatable bonds is 21. The maximum absolute atomic E-state index is 12.7. The van der Waals surface area contributed by atoms with Crippen molar-refractivity contribution in [2.75, 3.05) is 0 Å². The van der Waals surface area contributed by atoms with Crippen molar-refractivity contribution in [3.8, 4) is 0 Å².